The molecule has 0 atom stereocenters. The zero-order valence-corrected chi connectivity index (χ0v) is 10.4. The number of aryl methyl sites for hydroxylation is 1. The second-order valence-corrected chi connectivity index (χ2v) is 4.08. The molecule has 0 unspecified atom stereocenters. The highest BCUT2D eigenvalue weighted by atomic mass is 35.5. The zero-order valence-electron chi connectivity index (χ0n) is 9.60. The predicted molar refractivity (Wildman–Crippen MR) is 70.7 cm³/mol. The van der Waals surface area contributed by atoms with Crippen molar-refractivity contribution in [2.75, 3.05) is 6.54 Å². The molecule has 17 heavy (non-hydrogen) atoms. The first-order valence-electron chi connectivity index (χ1n) is 5.17. The van der Waals surface area contributed by atoms with Crippen molar-refractivity contribution in [2.45, 2.75) is 13.3 Å². The third-order valence-electron chi connectivity index (χ3n) is 2.21. The Morgan fingerprint density at radius 2 is 2.12 bits per heavy atom. The number of guanidine groups is 2. The van der Waals surface area contributed by atoms with Gasteiger partial charge >= 0.3 is 0 Å². The first-order chi connectivity index (χ1) is 7.99. The molecule has 0 aliphatic rings. The maximum Gasteiger partial charge on any atom is 0.195 e. The second-order valence-electron chi connectivity index (χ2n) is 3.67. The molecule has 0 spiro atoms. The fourth-order valence-corrected chi connectivity index (χ4v) is 1.51. The van der Waals surface area contributed by atoms with E-state index < -0.39 is 0 Å². The zero-order chi connectivity index (χ0) is 12.8. The van der Waals surface area contributed by atoms with Crippen LogP contribution in [0.15, 0.2) is 18.2 Å². The van der Waals surface area contributed by atoms with Crippen molar-refractivity contribution < 1.29 is 0 Å². The fraction of sp³-hybridized carbons (Fsp3) is 0.273. The van der Waals surface area contributed by atoms with E-state index >= 15 is 0 Å². The maximum atomic E-state index is 7.39. The molecular weight excluding hydrogens is 238 g/mol. The van der Waals surface area contributed by atoms with Crippen LogP contribution in [0.1, 0.15) is 11.1 Å². The smallest absolute Gasteiger partial charge is 0.195 e. The Hall–Kier alpha value is -1.75. The van der Waals surface area contributed by atoms with Gasteiger partial charge in [0.25, 0.3) is 0 Å². The molecule has 0 aliphatic carbocycles. The first kappa shape index (κ1) is 13.3. The van der Waals surface area contributed by atoms with Gasteiger partial charge < -0.3 is 11.1 Å². The van der Waals surface area contributed by atoms with E-state index in [1.165, 1.54) is 0 Å². The van der Waals surface area contributed by atoms with Crippen molar-refractivity contribution in [1.29, 1.82) is 10.8 Å². The lowest BCUT2D eigenvalue weighted by atomic mass is 10.1. The van der Waals surface area contributed by atoms with Crippen LogP contribution in [-0.2, 0) is 6.42 Å². The standard InChI is InChI=1S/C11H16ClN5/c1-7-2-3-8(6-9(7)12)4-5-16-11(15)17-10(13)14/h2-3,6H,4-5H2,1H3,(H6,13,14,15,16,17). The normalized spacial score (nSPS) is 9.76. The molecule has 0 bridgehead atoms. The SMILES string of the molecule is Cc1ccc(CCNC(=N)NC(=N)N)cc1Cl. The summed E-state index contributed by atoms with van der Waals surface area (Å²) in [6.07, 6.45) is 0.752. The van der Waals surface area contributed by atoms with Crippen LogP contribution in [0.4, 0.5) is 0 Å². The van der Waals surface area contributed by atoms with Gasteiger partial charge in [-0.25, -0.2) is 0 Å². The first-order valence-corrected chi connectivity index (χ1v) is 5.55. The Kier molecular flexibility index (Phi) is 4.78. The van der Waals surface area contributed by atoms with Crippen molar-refractivity contribution in [2.24, 2.45) is 5.73 Å². The van der Waals surface area contributed by atoms with Crippen LogP contribution in [0.2, 0.25) is 5.02 Å². The maximum absolute atomic E-state index is 7.39. The van der Waals surface area contributed by atoms with Gasteiger partial charge in [-0.15, -0.1) is 0 Å². The van der Waals surface area contributed by atoms with E-state index in [0.717, 1.165) is 22.6 Å². The highest BCUT2D eigenvalue weighted by Gasteiger charge is 1.99. The van der Waals surface area contributed by atoms with Crippen molar-refractivity contribution >= 4 is 23.5 Å². The number of hydrogen-bond donors (Lipinski definition) is 5. The van der Waals surface area contributed by atoms with E-state index in [9.17, 15) is 0 Å². The van der Waals surface area contributed by atoms with Gasteiger partial charge in [0.05, 0.1) is 0 Å². The van der Waals surface area contributed by atoms with Gasteiger partial charge in [-0.1, -0.05) is 23.7 Å². The van der Waals surface area contributed by atoms with E-state index in [-0.39, 0.29) is 11.9 Å². The van der Waals surface area contributed by atoms with E-state index in [4.69, 9.17) is 28.2 Å². The van der Waals surface area contributed by atoms with Gasteiger partial charge in [-0.3, -0.25) is 16.1 Å². The van der Waals surface area contributed by atoms with Crippen molar-refractivity contribution in [3.05, 3.63) is 34.3 Å². The van der Waals surface area contributed by atoms with E-state index in [0.29, 0.717) is 6.54 Å². The third kappa shape index (κ3) is 4.74. The van der Waals surface area contributed by atoms with Gasteiger partial charge in [0, 0.05) is 11.6 Å². The molecule has 6 heteroatoms. The molecule has 0 heterocycles. The van der Waals surface area contributed by atoms with Gasteiger partial charge in [0.1, 0.15) is 0 Å². The average Bonchev–Trinajstić information content (AvgIpc) is 2.22. The third-order valence-corrected chi connectivity index (χ3v) is 2.62. The Labute approximate surface area is 105 Å². The highest BCUT2D eigenvalue weighted by molar-refractivity contribution is 6.31. The Balaban J connectivity index is 2.38. The predicted octanol–water partition coefficient (Wildman–Crippen LogP) is 1.20. The van der Waals surface area contributed by atoms with Crippen LogP contribution >= 0.6 is 11.6 Å². The summed E-state index contributed by atoms with van der Waals surface area (Å²) >= 11 is 6.00. The fourth-order valence-electron chi connectivity index (χ4n) is 1.30. The number of benzene rings is 1. The minimum Gasteiger partial charge on any atom is -0.370 e. The van der Waals surface area contributed by atoms with Crippen LogP contribution in [0.5, 0.6) is 0 Å². The number of halogens is 1. The van der Waals surface area contributed by atoms with E-state index in [2.05, 4.69) is 10.6 Å². The molecule has 0 saturated heterocycles. The molecular formula is C11H16ClN5. The Morgan fingerprint density at radius 1 is 1.41 bits per heavy atom. The summed E-state index contributed by atoms with van der Waals surface area (Å²) in [7, 11) is 0. The second kappa shape index (κ2) is 6.10. The van der Waals surface area contributed by atoms with Crippen molar-refractivity contribution in [3.63, 3.8) is 0 Å². The minimum atomic E-state index is -0.249. The van der Waals surface area contributed by atoms with E-state index in [1.54, 1.807) is 0 Å². The lowest BCUT2D eigenvalue weighted by Gasteiger charge is -2.09. The summed E-state index contributed by atoms with van der Waals surface area (Å²) in [6, 6.07) is 5.89. The van der Waals surface area contributed by atoms with Crippen LogP contribution in [0.3, 0.4) is 0 Å². The molecule has 1 rings (SSSR count). The molecule has 1 aromatic carbocycles. The number of rotatable bonds is 3. The van der Waals surface area contributed by atoms with Gasteiger partial charge in [0.2, 0.25) is 0 Å². The van der Waals surface area contributed by atoms with Crippen LogP contribution in [0.25, 0.3) is 0 Å². The number of nitrogens with two attached hydrogens (primary N) is 1. The topological polar surface area (TPSA) is 97.8 Å². The quantitative estimate of drug-likeness (QED) is 0.414. The average molecular weight is 254 g/mol. The molecule has 0 fully saturated rings. The molecule has 0 saturated carbocycles. The Morgan fingerprint density at radius 3 is 2.71 bits per heavy atom. The molecule has 0 aliphatic heterocycles. The molecule has 1 aromatic rings. The largest absolute Gasteiger partial charge is 0.370 e. The molecule has 5 nitrogen and oxygen atoms in total. The summed E-state index contributed by atoms with van der Waals surface area (Å²) in [5.74, 6) is -0.225. The molecule has 0 radical (unpaired) electrons. The number of nitrogens with one attached hydrogen (secondary N) is 4. The van der Waals surface area contributed by atoms with Crippen LogP contribution in [0, 0.1) is 17.7 Å². The summed E-state index contributed by atoms with van der Waals surface area (Å²) < 4.78 is 0. The molecule has 92 valence electrons. The molecule has 6 N–H and O–H groups in total. The summed E-state index contributed by atoms with van der Waals surface area (Å²) in [6.45, 7) is 2.54. The summed E-state index contributed by atoms with van der Waals surface area (Å²) in [4.78, 5) is 0. The van der Waals surface area contributed by atoms with Crippen molar-refractivity contribution in [3.8, 4) is 0 Å². The summed E-state index contributed by atoms with van der Waals surface area (Å²) in [5.41, 5.74) is 7.24. The van der Waals surface area contributed by atoms with Gasteiger partial charge in [-0.2, -0.15) is 0 Å². The number of hydrogen-bond acceptors (Lipinski definition) is 2. The Bertz CT molecular complexity index is 430. The molecule has 0 aromatic heterocycles. The molecule has 0 amide bonds. The lowest BCUT2D eigenvalue weighted by Crippen LogP contribution is -2.43. The monoisotopic (exact) mass is 253 g/mol. The lowest BCUT2D eigenvalue weighted by molar-refractivity contribution is 0.841. The minimum absolute atomic E-state index is 0.0238. The van der Waals surface area contributed by atoms with Crippen molar-refractivity contribution in [1.82, 2.24) is 10.6 Å². The van der Waals surface area contributed by atoms with Crippen LogP contribution < -0.4 is 16.4 Å². The van der Waals surface area contributed by atoms with Gasteiger partial charge in [-0.05, 0) is 30.5 Å². The van der Waals surface area contributed by atoms with Crippen LogP contribution in [-0.4, -0.2) is 18.5 Å². The highest BCUT2D eigenvalue weighted by Crippen LogP contribution is 2.16. The van der Waals surface area contributed by atoms with E-state index in [1.807, 2.05) is 25.1 Å². The summed E-state index contributed by atoms with van der Waals surface area (Å²) in [5, 5.41) is 20.2. The van der Waals surface area contributed by atoms with Gasteiger partial charge in [0.15, 0.2) is 11.9 Å².